The minimum absolute atomic E-state index is 0.136. The molecule has 1 aliphatic carbocycles. The highest BCUT2D eigenvalue weighted by Crippen LogP contribution is 2.53. The van der Waals surface area contributed by atoms with Crippen molar-refractivity contribution in [1.82, 2.24) is 0 Å². The van der Waals surface area contributed by atoms with Crippen molar-refractivity contribution in [2.45, 2.75) is 19.3 Å². The van der Waals surface area contributed by atoms with Crippen molar-refractivity contribution in [1.29, 1.82) is 0 Å². The van der Waals surface area contributed by atoms with Crippen LogP contribution in [0.5, 0.6) is 0 Å². The van der Waals surface area contributed by atoms with Crippen LogP contribution in [0.15, 0.2) is 174 Å². The van der Waals surface area contributed by atoms with Crippen LogP contribution in [0.25, 0.3) is 108 Å². The van der Waals surface area contributed by atoms with E-state index in [1.165, 1.54) is 103 Å². The summed E-state index contributed by atoms with van der Waals surface area (Å²) in [4.78, 5) is 0. The van der Waals surface area contributed by atoms with Crippen molar-refractivity contribution >= 4 is 75.0 Å². The third-order valence-electron chi connectivity index (χ3n) is 12.2. The van der Waals surface area contributed by atoms with E-state index in [0.29, 0.717) is 0 Å². The quantitative estimate of drug-likeness (QED) is 0.166. The zero-order valence-electron chi connectivity index (χ0n) is 30.5. The fourth-order valence-electron chi connectivity index (χ4n) is 9.75. The highest BCUT2D eigenvalue weighted by Gasteiger charge is 2.38. The maximum Gasteiger partial charge on any atom is 0.140 e. The molecule has 0 aliphatic heterocycles. The fourth-order valence-corrected chi connectivity index (χ4v) is 10.9. The lowest BCUT2D eigenvalue weighted by Gasteiger charge is -2.21. The van der Waals surface area contributed by atoms with E-state index in [1.54, 1.807) is 0 Å². The van der Waals surface area contributed by atoms with E-state index in [2.05, 4.69) is 184 Å². The summed E-state index contributed by atoms with van der Waals surface area (Å²) in [6, 6.07) is 62.8. The predicted octanol–water partition coefficient (Wildman–Crippen LogP) is 15.6. The minimum Gasteiger partial charge on any atom is -0.456 e. The van der Waals surface area contributed by atoms with Crippen molar-refractivity contribution < 1.29 is 4.42 Å². The van der Waals surface area contributed by atoms with E-state index < -0.39 is 0 Å². The molecule has 1 nitrogen and oxygen atoms in total. The molecular formula is C53H34OS. The van der Waals surface area contributed by atoms with Gasteiger partial charge in [0, 0.05) is 41.9 Å². The van der Waals surface area contributed by atoms with Gasteiger partial charge in [-0.1, -0.05) is 147 Å². The average Bonchev–Trinajstić information content (AvgIpc) is 3.86. The highest BCUT2D eigenvalue weighted by atomic mass is 32.1. The Kier molecular flexibility index (Phi) is 6.34. The van der Waals surface area contributed by atoms with Gasteiger partial charge in [-0.3, -0.25) is 0 Å². The Balaban J connectivity index is 1.02. The molecule has 55 heavy (non-hydrogen) atoms. The Labute approximate surface area is 322 Å². The number of hydrogen-bond acceptors (Lipinski definition) is 2. The highest BCUT2D eigenvalue weighted by molar-refractivity contribution is 7.25. The summed E-state index contributed by atoms with van der Waals surface area (Å²) >= 11 is 1.88. The van der Waals surface area contributed by atoms with Crippen molar-refractivity contribution in [3.05, 3.63) is 181 Å². The number of benzene rings is 9. The van der Waals surface area contributed by atoms with Gasteiger partial charge in [0.2, 0.25) is 0 Å². The number of rotatable bonds is 3. The van der Waals surface area contributed by atoms with Gasteiger partial charge in [0.05, 0.1) is 0 Å². The molecule has 0 saturated heterocycles. The van der Waals surface area contributed by atoms with Gasteiger partial charge in [0.15, 0.2) is 0 Å². The molecular weight excluding hydrogens is 685 g/mol. The van der Waals surface area contributed by atoms with Gasteiger partial charge in [-0.2, -0.15) is 0 Å². The van der Waals surface area contributed by atoms with Gasteiger partial charge in [0.1, 0.15) is 11.2 Å². The molecule has 0 radical (unpaired) electrons. The number of thiophene rings is 1. The molecule has 2 heteroatoms. The summed E-state index contributed by atoms with van der Waals surface area (Å²) in [6.07, 6.45) is 0. The zero-order chi connectivity index (χ0) is 36.4. The molecule has 12 rings (SSSR count). The van der Waals surface area contributed by atoms with Gasteiger partial charge >= 0.3 is 0 Å². The maximum atomic E-state index is 6.73. The molecule has 0 bridgehead atoms. The number of furan rings is 1. The molecule has 11 aromatic rings. The van der Waals surface area contributed by atoms with E-state index in [-0.39, 0.29) is 5.41 Å². The number of fused-ring (bicyclic) bond motifs is 12. The first-order valence-electron chi connectivity index (χ1n) is 19.1. The normalized spacial score (nSPS) is 13.4. The minimum atomic E-state index is -0.136. The van der Waals surface area contributed by atoms with Crippen molar-refractivity contribution in [3.63, 3.8) is 0 Å². The zero-order valence-corrected chi connectivity index (χ0v) is 31.3. The Hall–Kier alpha value is -6.48. The molecule has 0 spiro atoms. The van der Waals surface area contributed by atoms with E-state index in [0.717, 1.165) is 16.6 Å². The lowest BCUT2D eigenvalue weighted by Crippen LogP contribution is -2.15. The summed E-state index contributed by atoms with van der Waals surface area (Å²) in [7, 11) is 0. The van der Waals surface area contributed by atoms with Gasteiger partial charge in [-0.25, -0.2) is 0 Å². The van der Waals surface area contributed by atoms with Crippen molar-refractivity contribution in [2.24, 2.45) is 0 Å². The van der Waals surface area contributed by atoms with E-state index in [4.69, 9.17) is 4.42 Å². The Morgan fingerprint density at radius 2 is 0.982 bits per heavy atom. The molecule has 2 heterocycles. The van der Waals surface area contributed by atoms with Gasteiger partial charge < -0.3 is 4.42 Å². The van der Waals surface area contributed by atoms with Crippen LogP contribution >= 0.6 is 11.3 Å². The molecule has 0 fully saturated rings. The smallest absolute Gasteiger partial charge is 0.140 e. The first-order chi connectivity index (χ1) is 27.0. The van der Waals surface area contributed by atoms with Gasteiger partial charge in [-0.05, 0) is 108 Å². The van der Waals surface area contributed by atoms with Gasteiger partial charge in [0.25, 0.3) is 0 Å². The molecule has 0 amide bonds. The topological polar surface area (TPSA) is 13.1 Å². The van der Waals surface area contributed by atoms with E-state index in [1.807, 2.05) is 11.3 Å². The van der Waals surface area contributed by atoms with Crippen LogP contribution in [-0.4, -0.2) is 0 Å². The maximum absolute atomic E-state index is 6.73. The Morgan fingerprint density at radius 1 is 0.400 bits per heavy atom. The Bertz CT molecular complexity index is 3350. The lowest BCUT2D eigenvalue weighted by atomic mass is 9.82. The molecule has 9 aromatic carbocycles. The van der Waals surface area contributed by atoms with Crippen LogP contribution in [0.1, 0.15) is 25.0 Å². The summed E-state index contributed by atoms with van der Waals surface area (Å²) in [5.41, 5.74) is 14.4. The van der Waals surface area contributed by atoms with Crippen molar-refractivity contribution in [2.75, 3.05) is 0 Å². The van der Waals surface area contributed by atoms with E-state index >= 15 is 0 Å². The molecule has 1 aliphatic rings. The third-order valence-corrected chi connectivity index (χ3v) is 13.4. The standard InChI is InChI=1S/C53H34OS/c1-53(2)45-20-9-7-14-35(45)42-25-26-43-44-29-32(23-27-46(44)54-52(43)51(42)53)31-12-11-13-33(28-31)49-38-16-3-5-18-40(38)50(41-19-6-4-17-39(41)49)34-22-24-37-36-15-8-10-21-47(36)55-48(37)30-34/h3-30H,1-2H3. The summed E-state index contributed by atoms with van der Waals surface area (Å²) in [5.74, 6) is 0. The first-order valence-corrected chi connectivity index (χ1v) is 19.9. The molecule has 0 saturated carbocycles. The first kappa shape index (κ1) is 30.9. The van der Waals surface area contributed by atoms with E-state index in [9.17, 15) is 0 Å². The second-order valence-corrected chi connectivity index (χ2v) is 16.7. The van der Waals surface area contributed by atoms with Gasteiger partial charge in [-0.15, -0.1) is 11.3 Å². The monoisotopic (exact) mass is 718 g/mol. The molecule has 0 atom stereocenters. The third kappa shape index (κ3) is 4.35. The van der Waals surface area contributed by atoms with Crippen LogP contribution in [0.3, 0.4) is 0 Å². The van der Waals surface area contributed by atoms with Crippen LogP contribution < -0.4 is 0 Å². The molecule has 2 aromatic heterocycles. The number of hydrogen-bond donors (Lipinski definition) is 0. The fraction of sp³-hybridized carbons (Fsp3) is 0.0566. The second-order valence-electron chi connectivity index (χ2n) is 15.6. The second kappa shape index (κ2) is 11.3. The van der Waals surface area contributed by atoms with Crippen LogP contribution in [0.2, 0.25) is 0 Å². The molecule has 258 valence electrons. The lowest BCUT2D eigenvalue weighted by molar-refractivity contribution is 0.620. The summed E-state index contributed by atoms with van der Waals surface area (Å²) < 4.78 is 9.38. The van der Waals surface area contributed by atoms with Crippen LogP contribution in [0.4, 0.5) is 0 Å². The predicted molar refractivity (Wildman–Crippen MR) is 235 cm³/mol. The largest absolute Gasteiger partial charge is 0.456 e. The summed E-state index contributed by atoms with van der Waals surface area (Å²) in [6.45, 7) is 4.65. The van der Waals surface area contributed by atoms with Crippen molar-refractivity contribution in [3.8, 4) is 44.5 Å². The summed E-state index contributed by atoms with van der Waals surface area (Å²) in [5, 5.41) is 10.1. The molecule has 0 N–H and O–H groups in total. The van der Waals surface area contributed by atoms with Crippen LogP contribution in [-0.2, 0) is 5.41 Å². The molecule has 0 unspecified atom stereocenters. The average molecular weight is 719 g/mol. The SMILES string of the molecule is CC1(C)c2ccccc2-c2ccc3c(oc4ccc(-c5cccc(-c6c7ccccc7c(-c7ccc8c(c7)sc7ccccc78)c7ccccc67)c5)cc43)c21. The van der Waals surface area contributed by atoms with Crippen LogP contribution in [0, 0.1) is 0 Å². The Morgan fingerprint density at radius 3 is 1.75 bits per heavy atom.